The fraction of sp³-hybridized carbons (Fsp3) is 0.333. The second-order valence-corrected chi connectivity index (χ2v) is 2.93. The molecule has 0 amide bonds. The summed E-state index contributed by atoms with van der Waals surface area (Å²) in [6.07, 6.45) is 0.582. The number of hydrogen-bond donors (Lipinski definition) is 1. The van der Waals surface area contributed by atoms with Crippen LogP contribution in [0.5, 0.6) is 0 Å². The number of rotatable bonds is 0. The highest BCUT2D eigenvalue weighted by atomic mass is 35.5. The highest BCUT2D eigenvalue weighted by molar-refractivity contribution is 5.85. The summed E-state index contributed by atoms with van der Waals surface area (Å²) in [7, 11) is 0. The van der Waals surface area contributed by atoms with Crippen LogP contribution in [0.3, 0.4) is 0 Å². The third-order valence-electron chi connectivity index (χ3n) is 2.16. The van der Waals surface area contributed by atoms with Gasteiger partial charge in [0, 0.05) is 6.54 Å². The van der Waals surface area contributed by atoms with Crippen LogP contribution in [0, 0.1) is 11.6 Å². The van der Waals surface area contributed by atoms with Crippen molar-refractivity contribution in [2.45, 2.75) is 13.0 Å². The van der Waals surface area contributed by atoms with Crippen molar-refractivity contribution in [1.29, 1.82) is 0 Å². The first-order chi connectivity index (χ1) is 5.79. The predicted molar refractivity (Wildman–Crippen MR) is 49.0 cm³/mol. The van der Waals surface area contributed by atoms with E-state index in [4.69, 9.17) is 0 Å². The number of hydrogen-bond acceptors (Lipinski definition) is 1. The van der Waals surface area contributed by atoms with E-state index in [-0.39, 0.29) is 12.4 Å². The zero-order valence-electron chi connectivity index (χ0n) is 6.94. The molecule has 0 fully saturated rings. The first-order valence-electron chi connectivity index (χ1n) is 3.95. The second kappa shape index (κ2) is 4.03. The Kier molecular flexibility index (Phi) is 3.22. The van der Waals surface area contributed by atoms with E-state index in [1.54, 1.807) is 6.07 Å². The molecule has 0 spiro atoms. The monoisotopic (exact) mass is 205 g/mol. The Morgan fingerprint density at radius 3 is 2.77 bits per heavy atom. The van der Waals surface area contributed by atoms with Gasteiger partial charge in [0.15, 0.2) is 11.6 Å². The van der Waals surface area contributed by atoms with Crippen LogP contribution in [0.4, 0.5) is 8.78 Å². The molecule has 1 heterocycles. The van der Waals surface area contributed by atoms with Gasteiger partial charge in [0.05, 0.1) is 0 Å². The normalized spacial score (nSPS) is 14.6. The average molecular weight is 206 g/mol. The molecule has 0 aliphatic carbocycles. The minimum absolute atomic E-state index is 0. The van der Waals surface area contributed by atoms with Gasteiger partial charge in [-0.15, -0.1) is 12.4 Å². The van der Waals surface area contributed by atoms with E-state index in [1.165, 1.54) is 6.07 Å². The zero-order valence-corrected chi connectivity index (χ0v) is 7.76. The van der Waals surface area contributed by atoms with Crippen molar-refractivity contribution < 1.29 is 8.78 Å². The molecule has 0 saturated heterocycles. The molecule has 1 aliphatic rings. The van der Waals surface area contributed by atoms with Crippen LogP contribution in [0.1, 0.15) is 11.1 Å². The number of nitrogens with one attached hydrogen (secondary N) is 1. The summed E-state index contributed by atoms with van der Waals surface area (Å²) < 4.78 is 25.8. The molecule has 1 nitrogen and oxygen atoms in total. The molecule has 1 aromatic rings. The van der Waals surface area contributed by atoms with Crippen LogP contribution in [0.2, 0.25) is 0 Å². The lowest BCUT2D eigenvalue weighted by Gasteiger charge is -2.17. The quantitative estimate of drug-likeness (QED) is 0.684. The highest BCUT2D eigenvalue weighted by Crippen LogP contribution is 2.19. The van der Waals surface area contributed by atoms with Crippen molar-refractivity contribution >= 4 is 12.4 Å². The number of halogens is 3. The molecular formula is C9H10ClF2N. The van der Waals surface area contributed by atoms with Crippen molar-refractivity contribution in [3.8, 4) is 0 Å². The number of fused-ring (bicyclic) bond motifs is 1. The molecule has 0 aromatic heterocycles. The van der Waals surface area contributed by atoms with E-state index in [1.807, 2.05) is 0 Å². The summed E-state index contributed by atoms with van der Waals surface area (Å²) in [5.74, 6) is -1.41. The van der Waals surface area contributed by atoms with Gasteiger partial charge in [-0.1, -0.05) is 6.07 Å². The molecule has 1 N–H and O–H groups in total. The van der Waals surface area contributed by atoms with Gasteiger partial charge in [0.25, 0.3) is 0 Å². The van der Waals surface area contributed by atoms with Gasteiger partial charge in [-0.05, 0) is 30.2 Å². The molecule has 0 saturated carbocycles. The van der Waals surface area contributed by atoms with Crippen LogP contribution in [0.15, 0.2) is 12.1 Å². The Morgan fingerprint density at radius 1 is 1.23 bits per heavy atom. The molecule has 0 atom stereocenters. The Hall–Kier alpha value is -0.670. The predicted octanol–water partition coefficient (Wildman–Crippen LogP) is 2.03. The fourth-order valence-electron chi connectivity index (χ4n) is 1.50. The van der Waals surface area contributed by atoms with Gasteiger partial charge < -0.3 is 5.32 Å². The van der Waals surface area contributed by atoms with Crippen LogP contribution in [-0.4, -0.2) is 6.54 Å². The lowest BCUT2D eigenvalue weighted by molar-refractivity contribution is 0.486. The summed E-state index contributed by atoms with van der Waals surface area (Å²) in [6.45, 7) is 1.37. The van der Waals surface area contributed by atoms with E-state index >= 15 is 0 Å². The van der Waals surface area contributed by atoms with Crippen molar-refractivity contribution in [1.82, 2.24) is 5.32 Å². The Labute approximate surface area is 81.6 Å². The second-order valence-electron chi connectivity index (χ2n) is 2.93. The standard InChI is InChI=1S/C9H9F2N.ClH/c10-8-2-1-6-5-12-4-3-7(6)9(8)11;/h1-2,12H,3-5H2;1H. The van der Waals surface area contributed by atoms with Crippen LogP contribution in [0.25, 0.3) is 0 Å². The first kappa shape index (κ1) is 10.4. The minimum Gasteiger partial charge on any atom is -0.312 e. The summed E-state index contributed by atoms with van der Waals surface area (Å²) in [4.78, 5) is 0. The van der Waals surface area contributed by atoms with Gasteiger partial charge in [0.1, 0.15) is 0 Å². The Balaban J connectivity index is 0.000000845. The van der Waals surface area contributed by atoms with Crippen molar-refractivity contribution in [2.24, 2.45) is 0 Å². The maximum Gasteiger partial charge on any atom is 0.162 e. The maximum absolute atomic E-state index is 13.1. The van der Waals surface area contributed by atoms with Crippen LogP contribution >= 0.6 is 12.4 Å². The summed E-state index contributed by atoms with van der Waals surface area (Å²) in [6, 6.07) is 2.82. The first-order valence-corrected chi connectivity index (χ1v) is 3.95. The smallest absolute Gasteiger partial charge is 0.162 e. The minimum atomic E-state index is -0.740. The van der Waals surface area contributed by atoms with Crippen LogP contribution in [-0.2, 0) is 13.0 Å². The molecule has 2 rings (SSSR count). The lowest BCUT2D eigenvalue weighted by atomic mass is 10.0. The zero-order chi connectivity index (χ0) is 8.55. The largest absolute Gasteiger partial charge is 0.312 e. The number of benzene rings is 1. The molecule has 13 heavy (non-hydrogen) atoms. The summed E-state index contributed by atoms with van der Waals surface area (Å²) >= 11 is 0. The van der Waals surface area contributed by atoms with Gasteiger partial charge in [-0.3, -0.25) is 0 Å². The molecule has 72 valence electrons. The van der Waals surface area contributed by atoms with Crippen molar-refractivity contribution in [3.63, 3.8) is 0 Å². The Morgan fingerprint density at radius 2 is 2.00 bits per heavy atom. The van der Waals surface area contributed by atoms with Gasteiger partial charge >= 0.3 is 0 Å². The topological polar surface area (TPSA) is 12.0 Å². The van der Waals surface area contributed by atoms with E-state index < -0.39 is 11.6 Å². The molecule has 1 aliphatic heterocycles. The molecule has 1 aromatic carbocycles. The van der Waals surface area contributed by atoms with Gasteiger partial charge in [-0.25, -0.2) is 8.78 Å². The molecule has 0 radical (unpaired) electrons. The van der Waals surface area contributed by atoms with E-state index in [0.29, 0.717) is 18.5 Å². The third-order valence-corrected chi connectivity index (χ3v) is 2.16. The van der Waals surface area contributed by atoms with E-state index in [2.05, 4.69) is 5.32 Å². The summed E-state index contributed by atoms with van der Waals surface area (Å²) in [5, 5.41) is 3.10. The molecule has 4 heteroatoms. The fourth-order valence-corrected chi connectivity index (χ4v) is 1.50. The molecule has 0 unspecified atom stereocenters. The third kappa shape index (κ3) is 1.81. The SMILES string of the molecule is Cl.Fc1ccc2c(c1F)CCNC2. The lowest BCUT2D eigenvalue weighted by Crippen LogP contribution is -2.24. The molecule has 0 bridgehead atoms. The van der Waals surface area contributed by atoms with Crippen molar-refractivity contribution in [3.05, 3.63) is 34.9 Å². The van der Waals surface area contributed by atoms with E-state index in [0.717, 1.165) is 12.1 Å². The maximum atomic E-state index is 13.1. The highest BCUT2D eigenvalue weighted by Gasteiger charge is 2.15. The van der Waals surface area contributed by atoms with E-state index in [9.17, 15) is 8.78 Å². The Bertz CT molecular complexity index is 315. The van der Waals surface area contributed by atoms with Gasteiger partial charge in [-0.2, -0.15) is 0 Å². The average Bonchev–Trinajstić information content (AvgIpc) is 2.12. The summed E-state index contributed by atoms with van der Waals surface area (Å²) in [5.41, 5.74) is 1.41. The van der Waals surface area contributed by atoms with Crippen molar-refractivity contribution in [2.75, 3.05) is 6.54 Å². The van der Waals surface area contributed by atoms with Gasteiger partial charge in [0.2, 0.25) is 0 Å². The van der Waals surface area contributed by atoms with Crippen LogP contribution < -0.4 is 5.32 Å². The molecular weight excluding hydrogens is 196 g/mol.